The van der Waals surface area contributed by atoms with Crippen molar-refractivity contribution in [3.8, 4) is 0 Å². The lowest BCUT2D eigenvalue weighted by Crippen LogP contribution is -2.26. The van der Waals surface area contributed by atoms with Crippen LogP contribution in [0.15, 0.2) is 15.9 Å². The van der Waals surface area contributed by atoms with Gasteiger partial charge in [-0.3, -0.25) is 9.59 Å². The third kappa shape index (κ3) is 2.44. The predicted octanol–water partition coefficient (Wildman–Crippen LogP) is 2.48. The summed E-state index contributed by atoms with van der Waals surface area (Å²) in [5.41, 5.74) is -0.439. The van der Waals surface area contributed by atoms with Crippen LogP contribution in [-0.4, -0.2) is 17.0 Å². The van der Waals surface area contributed by atoms with Gasteiger partial charge in [-0.15, -0.1) is 11.3 Å². The third-order valence-corrected chi connectivity index (χ3v) is 5.13. The number of carboxylic acid groups (broad SMARTS) is 1. The van der Waals surface area contributed by atoms with Gasteiger partial charge in [0.15, 0.2) is 0 Å². The van der Waals surface area contributed by atoms with Crippen LogP contribution in [0.4, 0.5) is 0 Å². The van der Waals surface area contributed by atoms with E-state index in [1.54, 1.807) is 11.3 Å². The minimum absolute atomic E-state index is 0.170. The average molecular weight is 332 g/mol. The molecule has 0 aromatic carbocycles. The van der Waals surface area contributed by atoms with Crippen LogP contribution >= 0.6 is 27.3 Å². The number of carboxylic acids is 1. The summed E-state index contributed by atoms with van der Waals surface area (Å²) < 4.78 is 0.993. The molecule has 0 unspecified atom stereocenters. The van der Waals surface area contributed by atoms with Crippen molar-refractivity contribution in [3.05, 3.63) is 20.8 Å². The van der Waals surface area contributed by atoms with E-state index in [0.29, 0.717) is 6.54 Å². The number of halogens is 1. The summed E-state index contributed by atoms with van der Waals surface area (Å²) in [5.74, 6) is -2.04. The van der Waals surface area contributed by atoms with Gasteiger partial charge < -0.3 is 10.4 Å². The van der Waals surface area contributed by atoms with Gasteiger partial charge in [0.1, 0.15) is 0 Å². The SMILES string of the molecule is CC1(C)[C@H](C(=O)O)[C@@H]1C(=O)NCc1cc(Br)cs1. The molecule has 1 aromatic heterocycles. The highest BCUT2D eigenvalue weighted by atomic mass is 79.9. The van der Waals surface area contributed by atoms with Gasteiger partial charge in [0.05, 0.1) is 18.4 Å². The fourth-order valence-electron chi connectivity index (χ4n) is 2.32. The zero-order chi connectivity index (χ0) is 13.5. The Balaban J connectivity index is 1.92. The number of carbonyl (C=O) groups is 2. The maximum Gasteiger partial charge on any atom is 0.307 e. The molecule has 0 saturated heterocycles. The number of nitrogens with one attached hydrogen (secondary N) is 1. The second-order valence-electron chi connectivity index (χ2n) is 5.06. The molecule has 2 N–H and O–H groups in total. The molecule has 4 nitrogen and oxygen atoms in total. The molecule has 1 amide bonds. The molecular formula is C12H14BrNO3S. The van der Waals surface area contributed by atoms with Crippen LogP contribution in [-0.2, 0) is 16.1 Å². The van der Waals surface area contributed by atoms with E-state index < -0.39 is 23.2 Å². The monoisotopic (exact) mass is 331 g/mol. The summed E-state index contributed by atoms with van der Waals surface area (Å²) in [7, 11) is 0. The second kappa shape index (κ2) is 4.66. The Morgan fingerprint density at radius 1 is 1.50 bits per heavy atom. The van der Waals surface area contributed by atoms with E-state index in [1.165, 1.54) is 0 Å². The molecule has 0 bridgehead atoms. The molecule has 1 aliphatic carbocycles. The molecule has 98 valence electrons. The summed E-state index contributed by atoms with van der Waals surface area (Å²) in [6.45, 7) is 4.09. The van der Waals surface area contributed by atoms with E-state index in [2.05, 4.69) is 21.2 Å². The molecule has 1 saturated carbocycles. The normalized spacial score (nSPS) is 24.6. The van der Waals surface area contributed by atoms with Gasteiger partial charge in [0.2, 0.25) is 5.91 Å². The number of hydrogen-bond donors (Lipinski definition) is 2. The molecule has 1 aromatic rings. The van der Waals surface area contributed by atoms with Crippen molar-refractivity contribution >= 4 is 39.1 Å². The van der Waals surface area contributed by atoms with E-state index in [0.717, 1.165) is 9.35 Å². The summed E-state index contributed by atoms with van der Waals surface area (Å²) >= 11 is 4.90. The summed E-state index contributed by atoms with van der Waals surface area (Å²) in [6.07, 6.45) is 0. The maximum atomic E-state index is 11.9. The predicted molar refractivity (Wildman–Crippen MR) is 72.3 cm³/mol. The number of thiophene rings is 1. The number of hydrogen-bond acceptors (Lipinski definition) is 3. The lowest BCUT2D eigenvalue weighted by molar-refractivity contribution is -0.140. The molecule has 18 heavy (non-hydrogen) atoms. The fourth-order valence-corrected chi connectivity index (χ4v) is 3.71. The van der Waals surface area contributed by atoms with Crippen molar-refractivity contribution in [1.29, 1.82) is 0 Å². The van der Waals surface area contributed by atoms with Gasteiger partial charge in [-0.2, -0.15) is 0 Å². The smallest absolute Gasteiger partial charge is 0.307 e. The van der Waals surface area contributed by atoms with Crippen LogP contribution < -0.4 is 5.32 Å². The second-order valence-corrected chi connectivity index (χ2v) is 6.98. The molecule has 1 aliphatic rings. The first kappa shape index (κ1) is 13.5. The van der Waals surface area contributed by atoms with E-state index in [1.807, 2.05) is 25.3 Å². The number of rotatable bonds is 4. The molecule has 2 rings (SSSR count). The van der Waals surface area contributed by atoms with Crippen molar-refractivity contribution in [3.63, 3.8) is 0 Å². The van der Waals surface area contributed by atoms with Crippen LogP contribution in [0.25, 0.3) is 0 Å². The standard InChI is InChI=1S/C12H14BrNO3S/c1-12(2)8(9(12)11(16)17)10(15)14-4-7-3-6(13)5-18-7/h3,5,8-9H,4H2,1-2H3,(H,14,15)(H,16,17)/t8-,9+/m1/s1. The fraction of sp³-hybridized carbons (Fsp3) is 0.500. The van der Waals surface area contributed by atoms with Gasteiger partial charge >= 0.3 is 5.97 Å². The van der Waals surface area contributed by atoms with E-state index in [4.69, 9.17) is 5.11 Å². The molecule has 6 heteroatoms. The lowest BCUT2D eigenvalue weighted by Gasteiger charge is -2.04. The average Bonchev–Trinajstić information content (AvgIpc) is 2.63. The molecule has 2 atom stereocenters. The Hall–Kier alpha value is -0.880. The summed E-state index contributed by atoms with van der Waals surface area (Å²) in [5, 5.41) is 13.8. The first-order valence-corrected chi connectivity index (χ1v) is 7.24. The van der Waals surface area contributed by atoms with Crippen LogP contribution in [0.5, 0.6) is 0 Å². The first-order chi connectivity index (χ1) is 8.34. The van der Waals surface area contributed by atoms with E-state index in [-0.39, 0.29) is 5.91 Å². The molecule has 1 heterocycles. The topological polar surface area (TPSA) is 66.4 Å². The molecule has 0 spiro atoms. The van der Waals surface area contributed by atoms with Crippen molar-refractivity contribution in [1.82, 2.24) is 5.32 Å². The third-order valence-electron chi connectivity index (χ3n) is 3.43. The van der Waals surface area contributed by atoms with Gasteiger partial charge in [-0.25, -0.2) is 0 Å². The van der Waals surface area contributed by atoms with Crippen LogP contribution in [0, 0.1) is 17.3 Å². The largest absolute Gasteiger partial charge is 0.481 e. The highest BCUT2D eigenvalue weighted by Gasteiger charge is 2.65. The molecule has 0 aliphatic heterocycles. The Morgan fingerprint density at radius 3 is 2.61 bits per heavy atom. The molecular weight excluding hydrogens is 318 g/mol. The Morgan fingerprint density at radius 2 is 2.17 bits per heavy atom. The Kier molecular flexibility index (Phi) is 3.51. The zero-order valence-electron chi connectivity index (χ0n) is 10.1. The van der Waals surface area contributed by atoms with Gasteiger partial charge in [0, 0.05) is 14.7 Å². The van der Waals surface area contributed by atoms with Crippen molar-refractivity contribution in [2.24, 2.45) is 17.3 Å². The maximum absolute atomic E-state index is 11.9. The summed E-state index contributed by atoms with van der Waals surface area (Å²) in [6, 6.07) is 1.94. The molecule has 0 radical (unpaired) electrons. The Bertz CT molecular complexity index is 497. The first-order valence-electron chi connectivity index (χ1n) is 5.57. The van der Waals surface area contributed by atoms with Crippen LogP contribution in [0.1, 0.15) is 18.7 Å². The van der Waals surface area contributed by atoms with E-state index in [9.17, 15) is 9.59 Å². The molecule has 1 fully saturated rings. The Labute approximate surface area is 118 Å². The number of aliphatic carboxylic acids is 1. The zero-order valence-corrected chi connectivity index (χ0v) is 12.5. The number of amides is 1. The van der Waals surface area contributed by atoms with Gasteiger partial charge in [0.25, 0.3) is 0 Å². The van der Waals surface area contributed by atoms with E-state index >= 15 is 0 Å². The summed E-state index contributed by atoms with van der Waals surface area (Å²) in [4.78, 5) is 24.0. The van der Waals surface area contributed by atoms with Crippen molar-refractivity contribution in [2.45, 2.75) is 20.4 Å². The minimum Gasteiger partial charge on any atom is -0.481 e. The highest BCUT2D eigenvalue weighted by Crippen LogP contribution is 2.58. The van der Waals surface area contributed by atoms with Crippen LogP contribution in [0.3, 0.4) is 0 Å². The van der Waals surface area contributed by atoms with Gasteiger partial charge in [-0.05, 0) is 27.4 Å². The quantitative estimate of drug-likeness (QED) is 0.890. The van der Waals surface area contributed by atoms with Crippen molar-refractivity contribution < 1.29 is 14.7 Å². The lowest BCUT2D eigenvalue weighted by atomic mass is 10.1. The number of carbonyl (C=O) groups excluding carboxylic acids is 1. The minimum atomic E-state index is -0.890. The van der Waals surface area contributed by atoms with Crippen molar-refractivity contribution in [2.75, 3.05) is 0 Å². The van der Waals surface area contributed by atoms with Gasteiger partial charge in [-0.1, -0.05) is 13.8 Å². The van der Waals surface area contributed by atoms with Crippen LogP contribution in [0.2, 0.25) is 0 Å². The highest BCUT2D eigenvalue weighted by molar-refractivity contribution is 9.10.